The van der Waals surface area contributed by atoms with Crippen LogP contribution in [0.5, 0.6) is 0 Å². The topological polar surface area (TPSA) is 24.4 Å². The largest absolute Gasteiger partial charge is 0.365 e. The summed E-state index contributed by atoms with van der Waals surface area (Å²) in [5.41, 5.74) is 0. The molecule has 0 fully saturated rings. The fraction of sp³-hybridized carbons (Fsp3) is 0.933. The van der Waals surface area contributed by atoms with E-state index in [2.05, 4.69) is 24.2 Å². The lowest BCUT2D eigenvalue weighted by molar-refractivity contribution is 0.573. The lowest BCUT2D eigenvalue weighted by atomic mass is 10.1. The lowest BCUT2D eigenvalue weighted by Gasteiger charge is -2.06. The zero-order valence-electron chi connectivity index (χ0n) is 12.2. The highest BCUT2D eigenvalue weighted by molar-refractivity contribution is 8.14. The Balaban J connectivity index is 1.82. The molecule has 1 N–H and O–H groups in total. The third-order valence-corrected chi connectivity index (χ3v) is 4.79. The van der Waals surface area contributed by atoms with E-state index in [-0.39, 0.29) is 0 Å². The Labute approximate surface area is 117 Å². The second kappa shape index (κ2) is 10.7. The molecule has 2 nitrogen and oxygen atoms in total. The first-order chi connectivity index (χ1) is 8.86. The second-order valence-corrected chi connectivity index (χ2v) is 6.48. The first kappa shape index (κ1) is 15.9. The summed E-state index contributed by atoms with van der Waals surface area (Å²) in [5, 5.41) is 5.38. The first-order valence-electron chi connectivity index (χ1n) is 7.81. The minimum Gasteiger partial charge on any atom is -0.365 e. The fourth-order valence-corrected chi connectivity index (χ4v) is 3.15. The van der Waals surface area contributed by atoms with Gasteiger partial charge in [0.1, 0.15) is 0 Å². The van der Waals surface area contributed by atoms with Crippen LogP contribution in [0.3, 0.4) is 0 Å². The number of aliphatic imine (C=N–C) groups is 1. The molecule has 0 spiro atoms. The van der Waals surface area contributed by atoms with Crippen LogP contribution < -0.4 is 5.32 Å². The van der Waals surface area contributed by atoms with Crippen molar-refractivity contribution in [3.63, 3.8) is 0 Å². The molecule has 0 amide bonds. The molecule has 1 aliphatic heterocycles. The Morgan fingerprint density at radius 2 is 1.72 bits per heavy atom. The molecule has 106 valence electrons. The average Bonchev–Trinajstić information content (AvgIpc) is 2.85. The van der Waals surface area contributed by atoms with Gasteiger partial charge in [-0.3, -0.25) is 4.99 Å². The predicted octanol–water partition coefficient (Wildman–Crippen LogP) is 4.60. The fourth-order valence-electron chi connectivity index (χ4n) is 2.18. The van der Waals surface area contributed by atoms with Gasteiger partial charge < -0.3 is 5.32 Å². The molecule has 0 aromatic heterocycles. The Morgan fingerprint density at radius 1 is 1.06 bits per heavy atom. The highest BCUT2D eigenvalue weighted by atomic mass is 32.2. The van der Waals surface area contributed by atoms with Crippen molar-refractivity contribution < 1.29 is 0 Å². The smallest absolute Gasteiger partial charge is 0.156 e. The molecule has 0 radical (unpaired) electrons. The first-order valence-corrected chi connectivity index (χ1v) is 8.69. The van der Waals surface area contributed by atoms with Crippen molar-refractivity contribution in [1.29, 1.82) is 0 Å². The Kier molecular flexibility index (Phi) is 9.45. The molecule has 1 heterocycles. The lowest BCUT2D eigenvalue weighted by Crippen LogP contribution is -2.20. The Bertz CT molecular complexity index is 229. The molecule has 0 saturated heterocycles. The van der Waals surface area contributed by atoms with Crippen LogP contribution >= 0.6 is 11.8 Å². The van der Waals surface area contributed by atoms with Gasteiger partial charge >= 0.3 is 0 Å². The second-order valence-electron chi connectivity index (χ2n) is 5.20. The van der Waals surface area contributed by atoms with Gasteiger partial charge in [-0.05, 0) is 12.8 Å². The van der Waals surface area contributed by atoms with Gasteiger partial charge in [-0.1, -0.05) is 70.6 Å². The molecule has 0 aliphatic carbocycles. The molecule has 0 saturated carbocycles. The van der Waals surface area contributed by atoms with Crippen molar-refractivity contribution in [1.82, 2.24) is 5.32 Å². The van der Waals surface area contributed by atoms with E-state index in [1.807, 2.05) is 11.8 Å². The maximum atomic E-state index is 4.52. The molecule has 0 aromatic rings. The van der Waals surface area contributed by atoms with Crippen molar-refractivity contribution in [2.45, 2.75) is 76.9 Å². The van der Waals surface area contributed by atoms with Gasteiger partial charge in [0.05, 0.1) is 6.54 Å². The van der Waals surface area contributed by atoms with Gasteiger partial charge in [-0.25, -0.2) is 0 Å². The summed E-state index contributed by atoms with van der Waals surface area (Å²) < 4.78 is 0. The molecule has 1 rings (SSSR count). The number of hydrogen-bond donors (Lipinski definition) is 1. The van der Waals surface area contributed by atoms with Gasteiger partial charge in [-0.2, -0.15) is 0 Å². The minimum atomic E-state index is 0.728. The monoisotopic (exact) mass is 270 g/mol. The SMILES string of the molecule is CCCCCCCCCCNC1=NCC(CC)S1. The molecule has 18 heavy (non-hydrogen) atoms. The number of rotatable bonds is 10. The van der Waals surface area contributed by atoms with E-state index < -0.39 is 0 Å². The van der Waals surface area contributed by atoms with Gasteiger partial charge in [0.2, 0.25) is 0 Å². The van der Waals surface area contributed by atoms with Crippen molar-refractivity contribution >= 4 is 16.9 Å². The number of unbranched alkanes of at least 4 members (excludes halogenated alkanes) is 7. The van der Waals surface area contributed by atoms with Crippen LogP contribution in [0.15, 0.2) is 4.99 Å². The molecule has 0 aromatic carbocycles. The van der Waals surface area contributed by atoms with E-state index in [9.17, 15) is 0 Å². The van der Waals surface area contributed by atoms with Crippen LogP contribution in [-0.4, -0.2) is 23.5 Å². The number of nitrogens with zero attached hydrogens (tertiary/aromatic N) is 1. The van der Waals surface area contributed by atoms with Crippen LogP contribution in [0.4, 0.5) is 0 Å². The summed E-state index contributed by atoms with van der Waals surface area (Å²) in [6, 6.07) is 0. The van der Waals surface area contributed by atoms with Crippen LogP contribution in [-0.2, 0) is 0 Å². The molecule has 1 aliphatic rings. The van der Waals surface area contributed by atoms with Crippen LogP contribution in [0.2, 0.25) is 0 Å². The minimum absolute atomic E-state index is 0.728. The van der Waals surface area contributed by atoms with Crippen LogP contribution in [0, 0.1) is 0 Å². The average molecular weight is 270 g/mol. The standard InChI is InChI=1S/C15H30N2S/c1-3-5-6-7-8-9-10-11-12-16-15-17-13-14(4-2)18-15/h14H,3-13H2,1-2H3,(H,16,17). The van der Waals surface area contributed by atoms with Crippen molar-refractivity contribution in [2.75, 3.05) is 13.1 Å². The molecule has 3 heteroatoms. The molecule has 1 atom stereocenters. The molecular formula is C15H30N2S. The summed E-state index contributed by atoms with van der Waals surface area (Å²) in [7, 11) is 0. The molecular weight excluding hydrogens is 240 g/mol. The van der Waals surface area contributed by atoms with Gasteiger partial charge in [0.15, 0.2) is 5.17 Å². The Morgan fingerprint density at radius 3 is 2.33 bits per heavy atom. The van der Waals surface area contributed by atoms with Crippen molar-refractivity contribution in [3.8, 4) is 0 Å². The predicted molar refractivity (Wildman–Crippen MR) is 84.6 cm³/mol. The number of hydrogen-bond acceptors (Lipinski definition) is 3. The summed E-state index contributed by atoms with van der Waals surface area (Å²) in [5.74, 6) is 0. The maximum absolute atomic E-state index is 4.52. The summed E-state index contributed by atoms with van der Waals surface area (Å²) in [4.78, 5) is 4.52. The quantitative estimate of drug-likeness (QED) is 0.587. The van der Waals surface area contributed by atoms with Crippen LogP contribution in [0.25, 0.3) is 0 Å². The normalized spacial score (nSPS) is 19.0. The van der Waals surface area contributed by atoms with Gasteiger partial charge in [-0.15, -0.1) is 0 Å². The third kappa shape index (κ3) is 7.30. The maximum Gasteiger partial charge on any atom is 0.156 e. The number of amidine groups is 1. The van der Waals surface area contributed by atoms with E-state index in [1.165, 1.54) is 63.0 Å². The van der Waals surface area contributed by atoms with Gasteiger partial charge in [0.25, 0.3) is 0 Å². The van der Waals surface area contributed by atoms with Crippen molar-refractivity contribution in [3.05, 3.63) is 0 Å². The van der Waals surface area contributed by atoms with E-state index in [0.29, 0.717) is 0 Å². The molecule has 0 bridgehead atoms. The van der Waals surface area contributed by atoms with E-state index in [1.54, 1.807) is 0 Å². The van der Waals surface area contributed by atoms with Crippen LogP contribution in [0.1, 0.15) is 71.6 Å². The summed E-state index contributed by atoms with van der Waals surface area (Å²) in [6.45, 7) is 6.64. The zero-order chi connectivity index (χ0) is 13.1. The highest BCUT2D eigenvalue weighted by Gasteiger charge is 2.16. The van der Waals surface area contributed by atoms with E-state index in [4.69, 9.17) is 0 Å². The van der Waals surface area contributed by atoms with E-state index >= 15 is 0 Å². The highest BCUT2D eigenvalue weighted by Crippen LogP contribution is 2.21. The summed E-state index contributed by atoms with van der Waals surface area (Å²) in [6.07, 6.45) is 12.4. The zero-order valence-corrected chi connectivity index (χ0v) is 13.0. The van der Waals surface area contributed by atoms with Crippen molar-refractivity contribution in [2.24, 2.45) is 4.99 Å². The molecule has 1 unspecified atom stereocenters. The van der Waals surface area contributed by atoms with E-state index in [0.717, 1.165) is 18.3 Å². The Hall–Kier alpha value is -0.180. The number of nitrogens with one attached hydrogen (secondary N) is 1. The summed E-state index contributed by atoms with van der Waals surface area (Å²) >= 11 is 1.93. The third-order valence-electron chi connectivity index (χ3n) is 3.48. The number of thioether (sulfide) groups is 1. The van der Waals surface area contributed by atoms with Gasteiger partial charge in [0, 0.05) is 11.8 Å².